The molecule has 0 saturated heterocycles. The van der Waals surface area contributed by atoms with Crippen LogP contribution in [-0.4, -0.2) is 9.97 Å². The lowest BCUT2D eigenvalue weighted by Gasteiger charge is -2.07. The van der Waals surface area contributed by atoms with Gasteiger partial charge >= 0.3 is 0 Å². The fraction of sp³-hybridized carbons (Fsp3) is 0.0909. The molecule has 1 N–H and O–H groups in total. The predicted molar refractivity (Wildman–Crippen MR) is 64.2 cm³/mol. The van der Waals surface area contributed by atoms with Crippen LogP contribution < -0.4 is 5.32 Å². The van der Waals surface area contributed by atoms with Gasteiger partial charge in [0.05, 0.1) is 11.9 Å². The van der Waals surface area contributed by atoms with Crippen LogP contribution in [0.3, 0.4) is 0 Å². The van der Waals surface area contributed by atoms with Crippen molar-refractivity contribution in [2.24, 2.45) is 0 Å². The van der Waals surface area contributed by atoms with Gasteiger partial charge in [-0.05, 0) is 46.6 Å². The number of rotatable bonds is 2. The van der Waals surface area contributed by atoms with Gasteiger partial charge in [0, 0.05) is 16.9 Å². The molecule has 0 amide bonds. The Morgan fingerprint density at radius 3 is 2.87 bits per heavy atom. The third-order valence-electron chi connectivity index (χ3n) is 1.97. The summed E-state index contributed by atoms with van der Waals surface area (Å²) in [6, 6.07) is 5.86. The quantitative estimate of drug-likeness (QED) is 0.904. The van der Waals surface area contributed by atoms with Gasteiger partial charge in [0.15, 0.2) is 0 Å². The van der Waals surface area contributed by atoms with Gasteiger partial charge in [0.1, 0.15) is 5.82 Å². The van der Waals surface area contributed by atoms with Crippen molar-refractivity contribution in [3.63, 3.8) is 0 Å². The molecule has 0 radical (unpaired) electrons. The van der Waals surface area contributed by atoms with Crippen LogP contribution in [0.4, 0.5) is 11.5 Å². The molecule has 0 spiro atoms. The van der Waals surface area contributed by atoms with E-state index in [0.717, 1.165) is 21.5 Å². The number of anilines is 2. The van der Waals surface area contributed by atoms with Crippen LogP contribution in [0.2, 0.25) is 0 Å². The van der Waals surface area contributed by atoms with Crippen LogP contribution in [0, 0.1) is 6.92 Å². The van der Waals surface area contributed by atoms with Gasteiger partial charge in [-0.2, -0.15) is 0 Å². The first kappa shape index (κ1) is 10.1. The summed E-state index contributed by atoms with van der Waals surface area (Å²) < 4.78 is 0.983. The van der Waals surface area contributed by atoms with E-state index in [1.54, 1.807) is 18.6 Å². The molecular weight excluding hydrogens is 254 g/mol. The zero-order chi connectivity index (χ0) is 10.7. The SMILES string of the molecule is Cc1cc(Br)cnc1Nc1cccnc1. The Kier molecular flexibility index (Phi) is 2.97. The standard InChI is InChI=1S/C11H10BrN3/c1-8-5-9(12)6-14-11(8)15-10-3-2-4-13-7-10/h2-7H,1H3,(H,14,15). The second kappa shape index (κ2) is 4.40. The Morgan fingerprint density at radius 2 is 2.20 bits per heavy atom. The van der Waals surface area contributed by atoms with Gasteiger partial charge in [-0.15, -0.1) is 0 Å². The summed E-state index contributed by atoms with van der Waals surface area (Å²) in [5.74, 6) is 0.853. The highest BCUT2D eigenvalue weighted by Gasteiger charge is 2.00. The summed E-state index contributed by atoms with van der Waals surface area (Å²) in [6.07, 6.45) is 5.28. The minimum Gasteiger partial charge on any atom is -0.339 e. The molecular formula is C11H10BrN3. The van der Waals surface area contributed by atoms with Crippen molar-refractivity contribution in [2.75, 3.05) is 5.32 Å². The molecule has 2 rings (SSSR count). The fourth-order valence-electron chi connectivity index (χ4n) is 1.24. The molecule has 0 bridgehead atoms. The number of nitrogens with zero attached hydrogens (tertiary/aromatic N) is 2. The molecule has 0 saturated carbocycles. The van der Waals surface area contributed by atoms with E-state index >= 15 is 0 Å². The number of halogens is 1. The van der Waals surface area contributed by atoms with E-state index in [-0.39, 0.29) is 0 Å². The first-order valence-electron chi connectivity index (χ1n) is 4.55. The second-order valence-electron chi connectivity index (χ2n) is 3.19. The van der Waals surface area contributed by atoms with Crippen LogP contribution >= 0.6 is 15.9 Å². The van der Waals surface area contributed by atoms with Gasteiger partial charge in [-0.25, -0.2) is 4.98 Å². The van der Waals surface area contributed by atoms with Crippen LogP contribution in [-0.2, 0) is 0 Å². The average molecular weight is 264 g/mol. The number of nitrogens with one attached hydrogen (secondary N) is 1. The monoisotopic (exact) mass is 263 g/mol. The molecule has 15 heavy (non-hydrogen) atoms. The summed E-state index contributed by atoms with van der Waals surface area (Å²) in [5, 5.41) is 3.20. The number of hydrogen-bond acceptors (Lipinski definition) is 3. The topological polar surface area (TPSA) is 37.8 Å². The molecule has 76 valence electrons. The Hall–Kier alpha value is -1.42. The van der Waals surface area contributed by atoms with Crippen LogP contribution in [0.5, 0.6) is 0 Å². The zero-order valence-corrected chi connectivity index (χ0v) is 9.82. The summed E-state index contributed by atoms with van der Waals surface area (Å²) in [4.78, 5) is 8.32. The molecule has 0 aliphatic rings. The third kappa shape index (κ3) is 2.53. The Labute approximate surface area is 96.7 Å². The maximum Gasteiger partial charge on any atom is 0.133 e. The Morgan fingerprint density at radius 1 is 1.33 bits per heavy atom. The number of aromatic nitrogens is 2. The maximum absolute atomic E-state index is 4.29. The van der Waals surface area contributed by atoms with E-state index in [4.69, 9.17) is 0 Å². The average Bonchev–Trinajstić information content (AvgIpc) is 2.24. The van der Waals surface area contributed by atoms with Crippen molar-refractivity contribution in [3.8, 4) is 0 Å². The summed E-state index contributed by atoms with van der Waals surface area (Å²) in [7, 11) is 0. The van der Waals surface area contributed by atoms with Crippen molar-refractivity contribution in [1.82, 2.24) is 9.97 Å². The first-order valence-corrected chi connectivity index (χ1v) is 5.34. The van der Waals surface area contributed by atoms with Crippen molar-refractivity contribution in [2.45, 2.75) is 6.92 Å². The summed E-state index contributed by atoms with van der Waals surface area (Å²) in [5.41, 5.74) is 2.03. The van der Waals surface area contributed by atoms with Gasteiger partial charge in [0.25, 0.3) is 0 Å². The van der Waals surface area contributed by atoms with E-state index < -0.39 is 0 Å². The van der Waals surface area contributed by atoms with E-state index in [0.29, 0.717) is 0 Å². The van der Waals surface area contributed by atoms with E-state index in [9.17, 15) is 0 Å². The third-order valence-corrected chi connectivity index (χ3v) is 2.40. The van der Waals surface area contributed by atoms with Gasteiger partial charge in [0.2, 0.25) is 0 Å². The Bertz CT molecular complexity index is 457. The summed E-state index contributed by atoms with van der Waals surface area (Å²) >= 11 is 3.38. The van der Waals surface area contributed by atoms with E-state index in [1.165, 1.54) is 0 Å². The van der Waals surface area contributed by atoms with Crippen LogP contribution in [0.1, 0.15) is 5.56 Å². The normalized spacial score (nSPS) is 10.0. The predicted octanol–water partition coefficient (Wildman–Crippen LogP) is 3.29. The minimum atomic E-state index is 0.853. The molecule has 0 atom stereocenters. The van der Waals surface area contributed by atoms with Crippen molar-refractivity contribution in [3.05, 3.63) is 46.8 Å². The fourth-order valence-corrected chi connectivity index (χ4v) is 1.69. The molecule has 3 nitrogen and oxygen atoms in total. The molecule has 0 aliphatic heterocycles. The number of pyridine rings is 2. The van der Waals surface area contributed by atoms with Gasteiger partial charge in [-0.3, -0.25) is 4.98 Å². The lowest BCUT2D eigenvalue weighted by atomic mass is 10.3. The van der Waals surface area contributed by atoms with Crippen molar-refractivity contribution in [1.29, 1.82) is 0 Å². The molecule has 2 aromatic heterocycles. The van der Waals surface area contributed by atoms with Crippen molar-refractivity contribution < 1.29 is 0 Å². The molecule has 4 heteroatoms. The highest BCUT2D eigenvalue weighted by atomic mass is 79.9. The van der Waals surface area contributed by atoms with E-state index in [2.05, 4.69) is 31.2 Å². The molecule has 0 unspecified atom stereocenters. The highest BCUT2D eigenvalue weighted by molar-refractivity contribution is 9.10. The number of aryl methyl sites for hydroxylation is 1. The Balaban J connectivity index is 2.25. The molecule has 2 heterocycles. The molecule has 0 fully saturated rings. The maximum atomic E-state index is 4.29. The van der Waals surface area contributed by atoms with Gasteiger partial charge < -0.3 is 5.32 Å². The zero-order valence-electron chi connectivity index (χ0n) is 8.24. The largest absolute Gasteiger partial charge is 0.339 e. The van der Waals surface area contributed by atoms with E-state index in [1.807, 2.05) is 25.1 Å². The number of hydrogen-bond donors (Lipinski definition) is 1. The summed E-state index contributed by atoms with van der Waals surface area (Å²) in [6.45, 7) is 2.01. The van der Waals surface area contributed by atoms with Crippen molar-refractivity contribution >= 4 is 27.4 Å². The highest BCUT2D eigenvalue weighted by Crippen LogP contribution is 2.20. The second-order valence-corrected chi connectivity index (χ2v) is 4.10. The molecule has 2 aromatic rings. The molecule has 0 aromatic carbocycles. The van der Waals surface area contributed by atoms with Crippen LogP contribution in [0.25, 0.3) is 0 Å². The van der Waals surface area contributed by atoms with Crippen LogP contribution in [0.15, 0.2) is 41.3 Å². The lowest BCUT2D eigenvalue weighted by molar-refractivity contribution is 1.23. The molecule has 0 aliphatic carbocycles. The smallest absolute Gasteiger partial charge is 0.133 e. The lowest BCUT2D eigenvalue weighted by Crippen LogP contribution is -1.96. The van der Waals surface area contributed by atoms with Gasteiger partial charge in [-0.1, -0.05) is 0 Å². The minimum absolute atomic E-state index is 0.853. The first-order chi connectivity index (χ1) is 7.25.